The van der Waals surface area contributed by atoms with Crippen molar-refractivity contribution in [1.29, 1.82) is 0 Å². The van der Waals surface area contributed by atoms with Gasteiger partial charge in [-0.1, -0.05) is 6.07 Å². The molecule has 1 fully saturated rings. The number of nitrogens with one attached hydrogen (secondary N) is 1. The molecule has 0 saturated carbocycles. The summed E-state index contributed by atoms with van der Waals surface area (Å²) >= 11 is 0. The molecule has 1 aromatic rings. The van der Waals surface area contributed by atoms with Crippen LogP contribution in [0.15, 0.2) is 24.3 Å². The van der Waals surface area contributed by atoms with E-state index in [0.717, 1.165) is 5.69 Å². The Morgan fingerprint density at radius 3 is 2.75 bits per heavy atom. The maximum atomic E-state index is 9.43. The van der Waals surface area contributed by atoms with Crippen molar-refractivity contribution in [1.82, 2.24) is 5.32 Å². The van der Waals surface area contributed by atoms with Crippen LogP contribution in [0.25, 0.3) is 0 Å². The van der Waals surface area contributed by atoms with Crippen LogP contribution in [0.2, 0.25) is 0 Å². The third-order valence-electron chi connectivity index (χ3n) is 2.74. The van der Waals surface area contributed by atoms with Gasteiger partial charge in [-0.25, -0.2) is 0 Å². The van der Waals surface area contributed by atoms with Gasteiger partial charge in [0.2, 0.25) is 0 Å². The maximum Gasteiger partial charge on any atom is 0.117 e. The highest BCUT2D eigenvalue weighted by Gasteiger charge is 2.31. The predicted octanol–water partition coefficient (Wildman–Crippen LogP) is -1.34. The minimum Gasteiger partial charge on any atom is -0.508 e. The lowest BCUT2D eigenvalue weighted by molar-refractivity contribution is 0.328. The van der Waals surface area contributed by atoms with E-state index >= 15 is 0 Å². The van der Waals surface area contributed by atoms with Gasteiger partial charge in [-0.05, 0) is 12.1 Å². The zero-order valence-electron chi connectivity index (χ0n) is 8.88. The third kappa shape index (κ3) is 1.96. The van der Waals surface area contributed by atoms with Gasteiger partial charge in [-0.15, -0.1) is 0 Å². The number of hydrogen-bond acceptors (Lipinski definition) is 6. The first-order chi connectivity index (χ1) is 7.59. The van der Waals surface area contributed by atoms with Gasteiger partial charge < -0.3 is 27.2 Å². The van der Waals surface area contributed by atoms with Gasteiger partial charge in [0.15, 0.2) is 0 Å². The summed E-state index contributed by atoms with van der Waals surface area (Å²) in [5, 5.41) is 12.4. The van der Waals surface area contributed by atoms with Crippen LogP contribution in [0, 0.1) is 0 Å². The number of nitrogens with zero attached hydrogens (tertiary/aromatic N) is 1. The van der Waals surface area contributed by atoms with Crippen molar-refractivity contribution in [3.63, 3.8) is 0 Å². The average molecular weight is 223 g/mol. The van der Waals surface area contributed by atoms with E-state index in [9.17, 15) is 5.11 Å². The number of aromatic hydroxyl groups is 1. The average Bonchev–Trinajstić information content (AvgIpc) is 2.24. The number of phenols is 1. The second kappa shape index (κ2) is 4.26. The fraction of sp³-hybridized carbons (Fsp3) is 0.400. The monoisotopic (exact) mass is 223 g/mol. The van der Waals surface area contributed by atoms with Crippen LogP contribution >= 0.6 is 0 Å². The van der Waals surface area contributed by atoms with Crippen LogP contribution in [0.5, 0.6) is 5.75 Å². The molecule has 1 aromatic carbocycles. The molecule has 0 radical (unpaired) electrons. The van der Waals surface area contributed by atoms with Crippen molar-refractivity contribution < 1.29 is 5.11 Å². The number of hydrogen-bond donors (Lipinski definition) is 5. The number of rotatable bonds is 1. The van der Waals surface area contributed by atoms with Gasteiger partial charge in [0.05, 0.1) is 12.3 Å². The molecule has 88 valence electrons. The molecular weight excluding hydrogens is 206 g/mol. The van der Waals surface area contributed by atoms with Crippen molar-refractivity contribution in [2.75, 3.05) is 11.4 Å². The highest BCUT2D eigenvalue weighted by Crippen LogP contribution is 2.23. The number of piperazine rings is 1. The molecule has 0 bridgehead atoms. The van der Waals surface area contributed by atoms with E-state index in [2.05, 4.69) is 5.32 Å². The van der Waals surface area contributed by atoms with Crippen molar-refractivity contribution in [2.45, 2.75) is 18.5 Å². The van der Waals surface area contributed by atoms with Gasteiger partial charge in [-0.3, -0.25) is 5.32 Å². The Labute approximate surface area is 94.0 Å². The summed E-state index contributed by atoms with van der Waals surface area (Å²) in [7, 11) is 0. The Bertz CT molecular complexity index is 372. The molecule has 0 aromatic heterocycles. The van der Waals surface area contributed by atoms with E-state index in [1.54, 1.807) is 23.1 Å². The molecule has 0 aliphatic carbocycles. The third-order valence-corrected chi connectivity index (χ3v) is 2.74. The summed E-state index contributed by atoms with van der Waals surface area (Å²) < 4.78 is 0. The Balaban J connectivity index is 2.30. The number of nitrogens with two attached hydrogens (primary N) is 3. The maximum absolute atomic E-state index is 9.43. The molecule has 6 heteroatoms. The molecule has 6 nitrogen and oxygen atoms in total. The molecule has 0 spiro atoms. The summed E-state index contributed by atoms with van der Waals surface area (Å²) in [5.74, 6) is 0.184. The lowest BCUT2D eigenvalue weighted by Crippen LogP contribution is -2.71. The lowest BCUT2D eigenvalue weighted by atomic mass is 10.1. The summed E-state index contributed by atoms with van der Waals surface area (Å²) in [4.78, 5) is 1.81. The summed E-state index contributed by atoms with van der Waals surface area (Å²) in [6.07, 6.45) is -0.996. The van der Waals surface area contributed by atoms with Crippen LogP contribution in [0.3, 0.4) is 0 Å². The van der Waals surface area contributed by atoms with E-state index < -0.39 is 6.17 Å². The van der Waals surface area contributed by atoms with Crippen LogP contribution in [0.4, 0.5) is 5.69 Å². The summed E-state index contributed by atoms with van der Waals surface area (Å²) in [5.41, 5.74) is 18.5. The minimum absolute atomic E-state index is 0.184. The fourth-order valence-electron chi connectivity index (χ4n) is 1.89. The Morgan fingerprint density at radius 1 is 1.31 bits per heavy atom. The molecule has 1 heterocycles. The standard InChI is InChI=1S/C10H17N5O/c11-8-5-14-9(12)10(13)15(8)6-2-1-3-7(16)4-6/h1-4,8-10,14,16H,5,11-13H2. The van der Waals surface area contributed by atoms with Crippen LogP contribution in [0.1, 0.15) is 0 Å². The van der Waals surface area contributed by atoms with Crippen LogP contribution < -0.4 is 27.4 Å². The van der Waals surface area contributed by atoms with Crippen molar-refractivity contribution in [3.8, 4) is 5.75 Å². The molecule has 8 N–H and O–H groups in total. The molecule has 3 unspecified atom stereocenters. The van der Waals surface area contributed by atoms with Gasteiger partial charge in [-0.2, -0.15) is 0 Å². The second-order valence-electron chi connectivity index (χ2n) is 3.92. The van der Waals surface area contributed by atoms with E-state index in [1.165, 1.54) is 0 Å². The Hall–Kier alpha value is -1.34. The number of phenolic OH excluding ortho intramolecular Hbond substituents is 1. The minimum atomic E-state index is -0.412. The Morgan fingerprint density at radius 2 is 2.06 bits per heavy atom. The highest BCUT2D eigenvalue weighted by molar-refractivity contribution is 5.52. The molecule has 16 heavy (non-hydrogen) atoms. The van der Waals surface area contributed by atoms with E-state index in [1.807, 2.05) is 6.07 Å². The molecule has 3 atom stereocenters. The largest absolute Gasteiger partial charge is 0.508 e. The zero-order valence-corrected chi connectivity index (χ0v) is 8.88. The number of benzene rings is 1. The van der Waals surface area contributed by atoms with Gasteiger partial charge in [0, 0.05) is 18.3 Å². The van der Waals surface area contributed by atoms with Gasteiger partial charge >= 0.3 is 0 Å². The molecule has 1 aliphatic heterocycles. The summed E-state index contributed by atoms with van der Waals surface area (Å²) in [6, 6.07) is 6.82. The first-order valence-corrected chi connectivity index (χ1v) is 5.17. The molecule has 0 amide bonds. The summed E-state index contributed by atoms with van der Waals surface area (Å²) in [6.45, 7) is 0.560. The van der Waals surface area contributed by atoms with Crippen LogP contribution in [-0.2, 0) is 0 Å². The molecular formula is C10H17N5O. The van der Waals surface area contributed by atoms with Crippen molar-refractivity contribution in [3.05, 3.63) is 24.3 Å². The van der Waals surface area contributed by atoms with Crippen LogP contribution in [-0.4, -0.2) is 30.1 Å². The second-order valence-corrected chi connectivity index (χ2v) is 3.92. The first-order valence-electron chi connectivity index (χ1n) is 5.17. The van der Waals surface area contributed by atoms with E-state index in [-0.39, 0.29) is 18.1 Å². The lowest BCUT2D eigenvalue weighted by Gasteiger charge is -2.43. The predicted molar refractivity (Wildman–Crippen MR) is 62.5 cm³/mol. The van der Waals surface area contributed by atoms with Crippen molar-refractivity contribution >= 4 is 5.69 Å². The van der Waals surface area contributed by atoms with E-state index in [4.69, 9.17) is 17.2 Å². The normalized spacial score (nSPS) is 30.4. The van der Waals surface area contributed by atoms with Crippen molar-refractivity contribution in [2.24, 2.45) is 17.2 Å². The smallest absolute Gasteiger partial charge is 0.117 e. The zero-order chi connectivity index (χ0) is 11.7. The highest BCUT2D eigenvalue weighted by atomic mass is 16.3. The molecule has 1 saturated heterocycles. The topological polar surface area (TPSA) is 114 Å². The fourth-order valence-corrected chi connectivity index (χ4v) is 1.89. The quantitative estimate of drug-likeness (QED) is 0.402. The SMILES string of the molecule is NC1NCC(N)N(c2cccc(O)c2)C1N. The van der Waals surface area contributed by atoms with Gasteiger partial charge in [0.1, 0.15) is 11.9 Å². The number of anilines is 1. The first kappa shape index (κ1) is 11.2. The Kier molecular flexibility index (Phi) is 2.97. The van der Waals surface area contributed by atoms with Gasteiger partial charge in [0.25, 0.3) is 0 Å². The molecule has 1 aliphatic rings. The molecule has 2 rings (SSSR count). The van der Waals surface area contributed by atoms with E-state index in [0.29, 0.717) is 6.54 Å².